The zero-order chi connectivity index (χ0) is 15.0. The molecule has 0 saturated heterocycles. The Labute approximate surface area is 128 Å². The van der Waals surface area contributed by atoms with E-state index in [1.54, 1.807) is 0 Å². The molecule has 0 aliphatic heterocycles. The minimum Gasteiger partial charge on any atom is -0.376 e. The fourth-order valence-electron chi connectivity index (χ4n) is 2.13. The van der Waals surface area contributed by atoms with E-state index in [0.717, 1.165) is 37.6 Å². The minimum absolute atomic E-state index is 0.0815. The zero-order valence-electron chi connectivity index (χ0n) is 13.2. The van der Waals surface area contributed by atoms with Gasteiger partial charge in [-0.15, -0.1) is 0 Å². The standard InChI is InChI=1S/C17H28ClNO/c1-5-11-19-13-14(10-12-20-17(2,3)4)15-8-6-7-9-16(15)18/h6-9,14,19H,5,10-13H2,1-4H3. The first-order valence-corrected chi connectivity index (χ1v) is 7.91. The summed E-state index contributed by atoms with van der Waals surface area (Å²) in [7, 11) is 0. The van der Waals surface area contributed by atoms with E-state index in [0.29, 0.717) is 5.92 Å². The SMILES string of the molecule is CCCNCC(CCOC(C)(C)C)c1ccccc1Cl. The van der Waals surface area contributed by atoms with Crippen LogP contribution < -0.4 is 5.32 Å². The summed E-state index contributed by atoms with van der Waals surface area (Å²) in [4.78, 5) is 0. The average Bonchev–Trinajstić information content (AvgIpc) is 2.37. The van der Waals surface area contributed by atoms with Gasteiger partial charge in [0.25, 0.3) is 0 Å². The molecule has 0 heterocycles. The molecule has 0 aromatic heterocycles. The van der Waals surface area contributed by atoms with Crippen molar-refractivity contribution in [3.8, 4) is 0 Å². The Kier molecular flexibility index (Phi) is 7.57. The quantitative estimate of drug-likeness (QED) is 0.707. The summed E-state index contributed by atoms with van der Waals surface area (Å²) in [5.74, 6) is 0.401. The lowest BCUT2D eigenvalue weighted by atomic mass is 9.95. The lowest BCUT2D eigenvalue weighted by molar-refractivity contribution is -0.00622. The Morgan fingerprint density at radius 1 is 1.25 bits per heavy atom. The Balaban J connectivity index is 2.63. The Hall–Kier alpha value is -0.570. The van der Waals surface area contributed by atoms with Crippen LogP contribution in [0.5, 0.6) is 0 Å². The van der Waals surface area contributed by atoms with Crippen LogP contribution in [0.2, 0.25) is 5.02 Å². The second-order valence-corrected chi connectivity index (χ2v) is 6.58. The fraction of sp³-hybridized carbons (Fsp3) is 0.647. The third-order valence-corrected chi connectivity index (χ3v) is 3.51. The number of hydrogen-bond donors (Lipinski definition) is 1. The van der Waals surface area contributed by atoms with Gasteiger partial charge >= 0.3 is 0 Å². The molecule has 2 nitrogen and oxygen atoms in total. The second-order valence-electron chi connectivity index (χ2n) is 6.17. The van der Waals surface area contributed by atoms with E-state index in [-0.39, 0.29) is 5.60 Å². The highest BCUT2D eigenvalue weighted by Gasteiger charge is 2.16. The molecular formula is C17H28ClNO. The van der Waals surface area contributed by atoms with Crippen molar-refractivity contribution in [2.24, 2.45) is 0 Å². The molecule has 1 N–H and O–H groups in total. The molecule has 3 heteroatoms. The van der Waals surface area contributed by atoms with E-state index in [1.807, 2.05) is 12.1 Å². The molecule has 0 aliphatic carbocycles. The zero-order valence-corrected chi connectivity index (χ0v) is 14.0. The smallest absolute Gasteiger partial charge is 0.0598 e. The molecule has 0 spiro atoms. The molecule has 1 aromatic carbocycles. The average molecular weight is 298 g/mol. The van der Waals surface area contributed by atoms with Crippen molar-refractivity contribution in [2.75, 3.05) is 19.7 Å². The topological polar surface area (TPSA) is 21.3 Å². The van der Waals surface area contributed by atoms with E-state index in [4.69, 9.17) is 16.3 Å². The van der Waals surface area contributed by atoms with E-state index < -0.39 is 0 Å². The van der Waals surface area contributed by atoms with Crippen LogP contribution in [-0.4, -0.2) is 25.3 Å². The number of nitrogens with one attached hydrogen (secondary N) is 1. The minimum atomic E-state index is -0.0815. The monoisotopic (exact) mass is 297 g/mol. The van der Waals surface area contributed by atoms with Gasteiger partial charge in [-0.2, -0.15) is 0 Å². The summed E-state index contributed by atoms with van der Waals surface area (Å²) in [5, 5.41) is 4.35. The second kappa shape index (κ2) is 8.66. The maximum Gasteiger partial charge on any atom is 0.0598 e. The molecule has 1 unspecified atom stereocenters. The highest BCUT2D eigenvalue weighted by atomic mass is 35.5. The molecule has 0 saturated carbocycles. The van der Waals surface area contributed by atoms with Gasteiger partial charge in [-0.1, -0.05) is 36.7 Å². The van der Waals surface area contributed by atoms with Crippen LogP contribution in [0.15, 0.2) is 24.3 Å². The highest BCUT2D eigenvalue weighted by Crippen LogP contribution is 2.27. The van der Waals surface area contributed by atoms with E-state index in [9.17, 15) is 0 Å². The molecule has 0 bridgehead atoms. The first kappa shape index (κ1) is 17.5. The number of rotatable bonds is 8. The summed E-state index contributed by atoms with van der Waals surface area (Å²) < 4.78 is 5.86. The molecule has 0 radical (unpaired) electrons. The molecule has 0 amide bonds. The predicted octanol–water partition coefficient (Wildman–Crippen LogP) is 4.63. The van der Waals surface area contributed by atoms with Gasteiger partial charge in [0.15, 0.2) is 0 Å². The number of ether oxygens (including phenoxy) is 1. The Morgan fingerprint density at radius 3 is 2.55 bits per heavy atom. The van der Waals surface area contributed by atoms with Crippen molar-refractivity contribution in [3.63, 3.8) is 0 Å². The van der Waals surface area contributed by atoms with Gasteiger partial charge in [-0.25, -0.2) is 0 Å². The number of hydrogen-bond acceptors (Lipinski definition) is 2. The molecule has 114 valence electrons. The van der Waals surface area contributed by atoms with Gasteiger partial charge in [0, 0.05) is 18.2 Å². The van der Waals surface area contributed by atoms with Crippen molar-refractivity contribution in [1.82, 2.24) is 5.32 Å². The van der Waals surface area contributed by atoms with Gasteiger partial charge in [0.05, 0.1) is 5.60 Å². The van der Waals surface area contributed by atoms with Crippen LogP contribution >= 0.6 is 11.6 Å². The maximum atomic E-state index is 6.33. The van der Waals surface area contributed by atoms with Gasteiger partial charge in [0.1, 0.15) is 0 Å². The van der Waals surface area contributed by atoms with Crippen molar-refractivity contribution in [2.45, 2.75) is 52.1 Å². The van der Waals surface area contributed by atoms with Gasteiger partial charge in [0.2, 0.25) is 0 Å². The summed E-state index contributed by atoms with van der Waals surface area (Å²) in [6.45, 7) is 11.2. The summed E-state index contributed by atoms with van der Waals surface area (Å²) >= 11 is 6.33. The normalized spacial score (nSPS) is 13.4. The van der Waals surface area contributed by atoms with Crippen LogP contribution in [0.3, 0.4) is 0 Å². The van der Waals surface area contributed by atoms with Crippen molar-refractivity contribution in [1.29, 1.82) is 0 Å². The first-order valence-electron chi connectivity index (χ1n) is 7.53. The molecule has 0 aliphatic rings. The third-order valence-electron chi connectivity index (χ3n) is 3.16. The molecule has 0 fully saturated rings. The van der Waals surface area contributed by atoms with Crippen molar-refractivity contribution >= 4 is 11.6 Å². The van der Waals surface area contributed by atoms with Crippen molar-refractivity contribution < 1.29 is 4.74 Å². The van der Waals surface area contributed by atoms with Gasteiger partial charge < -0.3 is 10.1 Å². The number of halogens is 1. The summed E-state index contributed by atoms with van der Waals surface area (Å²) in [6.07, 6.45) is 2.13. The Morgan fingerprint density at radius 2 is 1.95 bits per heavy atom. The molecule has 1 aromatic rings. The van der Waals surface area contributed by atoms with Crippen LogP contribution in [0.4, 0.5) is 0 Å². The largest absolute Gasteiger partial charge is 0.376 e. The first-order chi connectivity index (χ1) is 9.44. The molecular weight excluding hydrogens is 270 g/mol. The lowest BCUT2D eigenvalue weighted by Gasteiger charge is -2.23. The maximum absolute atomic E-state index is 6.33. The lowest BCUT2D eigenvalue weighted by Crippen LogP contribution is -2.25. The van der Waals surface area contributed by atoms with E-state index >= 15 is 0 Å². The van der Waals surface area contributed by atoms with Crippen LogP contribution in [0, 0.1) is 0 Å². The highest BCUT2D eigenvalue weighted by molar-refractivity contribution is 6.31. The van der Waals surface area contributed by atoms with Crippen LogP contribution in [0.25, 0.3) is 0 Å². The Bertz CT molecular complexity index is 387. The van der Waals surface area contributed by atoms with Gasteiger partial charge in [-0.05, 0) is 57.7 Å². The van der Waals surface area contributed by atoms with E-state index in [2.05, 4.69) is 45.1 Å². The fourth-order valence-corrected chi connectivity index (χ4v) is 2.42. The van der Waals surface area contributed by atoms with Crippen molar-refractivity contribution in [3.05, 3.63) is 34.9 Å². The van der Waals surface area contributed by atoms with Gasteiger partial charge in [-0.3, -0.25) is 0 Å². The molecule has 1 atom stereocenters. The van der Waals surface area contributed by atoms with Crippen LogP contribution in [0.1, 0.15) is 52.0 Å². The molecule has 1 rings (SSSR count). The predicted molar refractivity (Wildman–Crippen MR) is 87.7 cm³/mol. The van der Waals surface area contributed by atoms with Crippen LogP contribution in [-0.2, 0) is 4.74 Å². The molecule has 20 heavy (non-hydrogen) atoms. The van der Waals surface area contributed by atoms with E-state index in [1.165, 1.54) is 5.56 Å². The summed E-state index contributed by atoms with van der Waals surface area (Å²) in [6, 6.07) is 8.12. The summed E-state index contributed by atoms with van der Waals surface area (Å²) in [5.41, 5.74) is 1.14. The third kappa shape index (κ3) is 6.74. The number of benzene rings is 1.